The summed E-state index contributed by atoms with van der Waals surface area (Å²) in [6.07, 6.45) is 0. The number of aromatic nitrogens is 3. The average molecular weight is 710 g/mol. The van der Waals surface area contributed by atoms with Gasteiger partial charge in [-0.2, -0.15) is 0 Å². The Morgan fingerprint density at radius 3 is 1.07 bits per heavy atom. The molecule has 0 saturated heterocycles. The number of hydrogen-bond donors (Lipinski definition) is 0. The van der Waals surface area contributed by atoms with Gasteiger partial charge in [0.1, 0.15) is 0 Å². The number of benzene rings is 8. The number of rotatable bonds is 4. The second-order valence-corrected chi connectivity index (χ2v) is 15.2. The van der Waals surface area contributed by atoms with Crippen LogP contribution >= 0.6 is 0 Å². The molecule has 0 fully saturated rings. The highest BCUT2D eigenvalue weighted by atomic mass is 14.9. The lowest BCUT2D eigenvalue weighted by Crippen LogP contribution is -1.91. The third kappa shape index (κ3) is 4.04. The Balaban J connectivity index is 1.09. The van der Waals surface area contributed by atoms with Gasteiger partial charge in [0.25, 0.3) is 0 Å². The Bertz CT molecular complexity index is 3540. The van der Waals surface area contributed by atoms with Gasteiger partial charge in [-0.3, -0.25) is 0 Å². The van der Waals surface area contributed by atoms with Crippen LogP contribution in [0.1, 0.15) is 0 Å². The Hall–Kier alpha value is -7.49. The molecule has 0 bridgehead atoms. The van der Waals surface area contributed by atoms with Crippen molar-refractivity contribution in [3.63, 3.8) is 0 Å². The Kier molecular flexibility index (Phi) is 5.89. The minimum absolute atomic E-state index is 0.968. The summed E-state index contributed by atoms with van der Waals surface area (Å²) in [4.78, 5) is 5.17. The molecule has 0 unspecified atom stereocenters. The predicted molar refractivity (Wildman–Crippen MR) is 235 cm³/mol. The fraction of sp³-hybridized carbons (Fsp3) is 0. The van der Waals surface area contributed by atoms with Gasteiger partial charge in [0.15, 0.2) is 0 Å². The molecular formula is C53H31N3. The minimum atomic E-state index is 0.968. The molecule has 8 aromatic carbocycles. The molecule has 0 aliphatic carbocycles. The zero-order chi connectivity index (χ0) is 36.5. The number of pyridine rings is 1. The third-order valence-corrected chi connectivity index (χ3v) is 12.1. The molecule has 3 nitrogen and oxygen atoms in total. The molecule has 56 heavy (non-hydrogen) atoms. The van der Waals surface area contributed by atoms with Crippen molar-refractivity contribution in [2.24, 2.45) is 0 Å². The third-order valence-electron chi connectivity index (χ3n) is 12.1. The highest BCUT2D eigenvalue weighted by Gasteiger charge is 2.22. The first-order valence-corrected chi connectivity index (χ1v) is 19.3. The average Bonchev–Trinajstić information content (AvgIpc) is 4.00. The molecule has 0 N–H and O–H groups in total. The fourth-order valence-corrected chi connectivity index (χ4v) is 9.67. The van der Waals surface area contributed by atoms with E-state index in [1.165, 1.54) is 92.9 Å². The van der Waals surface area contributed by atoms with Crippen LogP contribution in [0, 0.1) is 0 Å². The van der Waals surface area contributed by atoms with Crippen LogP contribution in [-0.2, 0) is 0 Å². The molecule has 0 saturated carbocycles. The molecule has 0 atom stereocenters. The number of nitrogens with zero attached hydrogens (tertiary/aromatic N) is 3. The first-order chi connectivity index (χ1) is 27.8. The van der Waals surface area contributed by atoms with Crippen molar-refractivity contribution >= 4 is 76.2 Å². The maximum atomic E-state index is 5.17. The molecule has 13 aromatic rings. The van der Waals surface area contributed by atoms with Crippen LogP contribution in [0.25, 0.3) is 121 Å². The quantitative estimate of drug-likeness (QED) is 0.178. The standard InChI is InChI=1S/C53H31N3/c1-3-13-32(14-4-1)46-30-37(31-47(54-46)33-15-5-2-6-16-33)34-23-24-51-41(25-34)45-29-36(28-44-40-19-9-12-22-50(40)56(51)53(44)45)35-26-42-38-17-7-10-20-48(38)55-49-21-11-8-18-39(49)43(27-35)52(42)55/h1-31H. The maximum absolute atomic E-state index is 5.17. The van der Waals surface area contributed by atoms with Crippen molar-refractivity contribution in [1.29, 1.82) is 0 Å². The molecule has 5 aromatic heterocycles. The maximum Gasteiger partial charge on any atom is 0.0715 e. The van der Waals surface area contributed by atoms with Crippen molar-refractivity contribution in [2.75, 3.05) is 0 Å². The van der Waals surface area contributed by atoms with E-state index in [1.807, 2.05) is 0 Å². The summed E-state index contributed by atoms with van der Waals surface area (Å²) in [7, 11) is 0. The SMILES string of the molecule is c1ccc(-c2cc(-c3ccc4c(c3)c3cc(-c5cc6c7ccccc7n7c8ccccc8c(c5)c67)cc5c6ccccc6n4c53)cc(-c3ccccc3)n2)cc1. The Morgan fingerprint density at radius 2 is 0.607 bits per heavy atom. The lowest BCUT2D eigenvalue weighted by Gasteiger charge is -2.11. The van der Waals surface area contributed by atoms with Crippen molar-refractivity contribution < 1.29 is 0 Å². The topological polar surface area (TPSA) is 21.7 Å². The minimum Gasteiger partial charge on any atom is -0.308 e. The van der Waals surface area contributed by atoms with Crippen molar-refractivity contribution in [2.45, 2.75) is 0 Å². The van der Waals surface area contributed by atoms with E-state index in [4.69, 9.17) is 4.98 Å². The first kappa shape index (κ1) is 29.9. The molecule has 258 valence electrons. The van der Waals surface area contributed by atoms with Crippen molar-refractivity contribution in [3.8, 4) is 44.8 Å². The van der Waals surface area contributed by atoms with Gasteiger partial charge < -0.3 is 8.80 Å². The van der Waals surface area contributed by atoms with Gasteiger partial charge >= 0.3 is 0 Å². The van der Waals surface area contributed by atoms with Gasteiger partial charge in [0, 0.05) is 54.2 Å². The lowest BCUT2D eigenvalue weighted by atomic mass is 9.95. The van der Waals surface area contributed by atoms with Gasteiger partial charge in [-0.1, -0.05) is 121 Å². The van der Waals surface area contributed by atoms with Gasteiger partial charge in [-0.25, -0.2) is 4.98 Å². The van der Waals surface area contributed by atoms with E-state index in [0.29, 0.717) is 0 Å². The van der Waals surface area contributed by atoms with Gasteiger partial charge in [0.2, 0.25) is 0 Å². The van der Waals surface area contributed by atoms with Crippen LogP contribution in [0.3, 0.4) is 0 Å². The second kappa shape index (κ2) is 11.0. The van der Waals surface area contributed by atoms with E-state index in [2.05, 4.69) is 197 Å². The lowest BCUT2D eigenvalue weighted by molar-refractivity contribution is 1.32. The molecular weight excluding hydrogens is 679 g/mol. The Morgan fingerprint density at radius 1 is 0.250 bits per heavy atom. The summed E-state index contributed by atoms with van der Waals surface area (Å²) in [5, 5.41) is 10.3. The molecule has 0 radical (unpaired) electrons. The van der Waals surface area contributed by atoms with Gasteiger partial charge in [-0.15, -0.1) is 0 Å². The van der Waals surface area contributed by atoms with Crippen molar-refractivity contribution in [1.82, 2.24) is 13.8 Å². The van der Waals surface area contributed by atoms with Crippen LogP contribution in [0.5, 0.6) is 0 Å². The van der Waals surface area contributed by atoms with Gasteiger partial charge in [-0.05, 0) is 89.0 Å². The van der Waals surface area contributed by atoms with E-state index in [-0.39, 0.29) is 0 Å². The van der Waals surface area contributed by atoms with Crippen LogP contribution in [0.4, 0.5) is 0 Å². The first-order valence-electron chi connectivity index (χ1n) is 19.3. The molecule has 13 rings (SSSR count). The summed E-state index contributed by atoms with van der Waals surface area (Å²) < 4.78 is 4.94. The molecule has 3 heteroatoms. The summed E-state index contributed by atoms with van der Waals surface area (Å²) in [6, 6.07) is 68.8. The van der Waals surface area contributed by atoms with E-state index < -0.39 is 0 Å². The van der Waals surface area contributed by atoms with Crippen molar-refractivity contribution in [3.05, 3.63) is 188 Å². The summed E-state index contributed by atoms with van der Waals surface area (Å²) >= 11 is 0. The largest absolute Gasteiger partial charge is 0.308 e. The molecule has 0 spiro atoms. The molecule has 0 amide bonds. The highest BCUT2D eigenvalue weighted by molar-refractivity contribution is 6.27. The van der Waals surface area contributed by atoms with Crippen LogP contribution in [-0.4, -0.2) is 13.8 Å². The van der Waals surface area contributed by atoms with E-state index in [9.17, 15) is 0 Å². The monoisotopic (exact) mass is 709 g/mol. The summed E-state index contributed by atoms with van der Waals surface area (Å²) in [5.41, 5.74) is 16.5. The van der Waals surface area contributed by atoms with Crippen LogP contribution in [0.15, 0.2) is 188 Å². The number of hydrogen-bond acceptors (Lipinski definition) is 1. The molecule has 0 aliphatic rings. The van der Waals surface area contributed by atoms with E-state index in [0.717, 1.165) is 28.1 Å². The van der Waals surface area contributed by atoms with E-state index in [1.54, 1.807) is 0 Å². The van der Waals surface area contributed by atoms with Crippen LogP contribution < -0.4 is 0 Å². The van der Waals surface area contributed by atoms with E-state index >= 15 is 0 Å². The molecule has 5 heterocycles. The smallest absolute Gasteiger partial charge is 0.0715 e. The zero-order valence-electron chi connectivity index (χ0n) is 30.2. The predicted octanol–water partition coefficient (Wildman–Crippen LogP) is 14.0. The van der Waals surface area contributed by atoms with Gasteiger partial charge in [0.05, 0.1) is 44.5 Å². The normalized spacial score (nSPS) is 12.3. The second-order valence-electron chi connectivity index (χ2n) is 15.2. The number of para-hydroxylation sites is 3. The zero-order valence-corrected chi connectivity index (χ0v) is 30.2. The van der Waals surface area contributed by atoms with Crippen LogP contribution in [0.2, 0.25) is 0 Å². The number of fused-ring (bicyclic) bond motifs is 12. The molecule has 0 aliphatic heterocycles. The fourth-order valence-electron chi connectivity index (χ4n) is 9.67. The Labute approximate surface area is 321 Å². The summed E-state index contributed by atoms with van der Waals surface area (Å²) in [6.45, 7) is 0. The summed E-state index contributed by atoms with van der Waals surface area (Å²) in [5.74, 6) is 0. The highest BCUT2D eigenvalue weighted by Crippen LogP contribution is 2.46.